The molecule has 0 aromatic rings. The van der Waals surface area contributed by atoms with Crippen molar-refractivity contribution in [3.05, 3.63) is 0 Å². The Balaban J connectivity index is 3.99. The lowest BCUT2D eigenvalue weighted by Gasteiger charge is -2.24. The molecular formula is C24H49O6PS. The number of thioether (sulfide) groups is 1. The van der Waals surface area contributed by atoms with E-state index in [1.54, 1.807) is 0 Å². The fourth-order valence-electron chi connectivity index (χ4n) is 3.55. The van der Waals surface area contributed by atoms with Gasteiger partial charge in [-0.25, -0.2) is 9.36 Å². The third kappa shape index (κ3) is 18.4. The molecule has 3 unspecified atom stereocenters. The van der Waals surface area contributed by atoms with Crippen LogP contribution in [-0.4, -0.2) is 46.0 Å². The van der Waals surface area contributed by atoms with Crippen molar-refractivity contribution in [1.82, 2.24) is 0 Å². The molecule has 6 nitrogen and oxygen atoms in total. The Hall–Kier alpha value is -0.0700. The van der Waals surface area contributed by atoms with E-state index >= 15 is 0 Å². The van der Waals surface area contributed by atoms with Crippen molar-refractivity contribution in [3.8, 4) is 0 Å². The minimum atomic E-state index is -4.54. The number of rotatable bonds is 24. The lowest BCUT2D eigenvalue weighted by Crippen LogP contribution is -2.25. The van der Waals surface area contributed by atoms with Crippen molar-refractivity contribution in [3.63, 3.8) is 0 Å². The normalized spacial score (nSPS) is 15.4. The van der Waals surface area contributed by atoms with Gasteiger partial charge in [-0.05, 0) is 31.9 Å². The quantitative estimate of drug-likeness (QED) is 0.103. The summed E-state index contributed by atoms with van der Waals surface area (Å²) >= 11 is 2.01. The van der Waals surface area contributed by atoms with Gasteiger partial charge in [0, 0.05) is 11.9 Å². The summed E-state index contributed by atoms with van der Waals surface area (Å²) in [7, 11) is -4.54. The highest BCUT2D eigenvalue weighted by molar-refractivity contribution is 7.99. The molecule has 0 spiro atoms. The first-order valence-electron chi connectivity index (χ1n) is 12.8. The van der Waals surface area contributed by atoms with Gasteiger partial charge in [0.2, 0.25) is 0 Å². The second kappa shape index (κ2) is 21.5. The van der Waals surface area contributed by atoms with Crippen LogP contribution >= 0.6 is 19.4 Å². The van der Waals surface area contributed by atoms with E-state index in [2.05, 4.69) is 25.3 Å². The van der Waals surface area contributed by atoms with Crippen molar-refractivity contribution in [2.24, 2.45) is 0 Å². The topological polar surface area (TPSA) is 93.1 Å². The Bertz CT molecular complexity index is 491. The zero-order chi connectivity index (χ0) is 24.1. The number of hydrogen-bond donors (Lipinski definition) is 2. The van der Waals surface area contributed by atoms with Crippen LogP contribution in [0.2, 0.25) is 0 Å². The van der Waals surface area contributed by atoms with Gasteiger partial charge in [-0.3, -0.25) is 0 Å². The Kier molecular flexibility index (Phi) is 21.4. The van der Waals surface area contributed by atoms with E-state index in [-0.39, 0.29) is 12.7 Å². The van der Waals surface area contributed by atoms with Gasteiger partial charge in [-0.1, -0.05) is 90.9 Å². The first-order chi connectivity index (χ1) is 15.3. The number of unbranched alkanes of at least 4 members (excludes halogenated alkanes) is 11. The van der Waals surface area contributed by atoms with Gasteiger partial charge >= 0.3 is 13.3 Å². The number of hydrogen-bond acceptors (Lipinski definition) is 5. The molecule has 0 aliphatic heterocycles. The molecule has 0 rings (SSSR count). The minimum Gasteiger partial charge on any atom is -0.472 e. The van der Waals surface area contributed by atoms with Gasteiger partial charge in [0.05, 0.1) is 12.7 Å². The van der Waals surface area contributed by atoms with E-state index in [4.69, 9.17) is 14.7 Å². The predicted molar refractivity (Wildman–Crippen MR) is 136 cm³/mol. The molecule has 0 saturated carbocycles. The molecule has 0 heterocycles. The van der Waals surface area contributed by atoms with Gasteiger partial charge < -0.3 is 19.3 Å². The Labute approximate surface area is 201 Å². The summed E-state index contributed by atoms with van der Waals surface area (Å²) in [5.41, 5.74) is -1.81. The molecule has 0 fully saturated rings. The number of ether oxygens (including phenoxy) is 1. The van der Waals surface area contributed by atoms with Crippen molar-refractivity contribution < 1.29 is 28.6 Å². The molecule has 0 radical (unpaired) electrons. The van der Waals surface area contributed by atoms with Crippen LogP contribution < -0.4 is 0 Å². The molecule has 3 atom stereocenters. The van der Waals surface area contributed by atoms with Crippen LogP contribution in [0.3, 0.4) is 0 Å². The summed E-state index contributed by atoms with van der Waals surface area (Å²) in [5.74, 6) is 1.16. The van der Waals surface area contributed by atoms with Crippen LogP contribution in [0.1, 0.15) is 117 Å². The van der Waals surface area contributed by atoms with Crippen LogP contribution in [0.5, 0.6) is 0 Å². The maximum Gasteiger partial charge on any atom is 0.435 e. The summed E-state index contributed by atoms with van der Waals surface area (Å²) in [6.07, 6.45) is 18.8. The van der Waals surface area contributed by atoms with Gasteiger partial charge in [0.25, 0.3) is 0 Å². The van der Waals surface area contributed by atoms with Gasteiger partial charge in [-0.2, -0.15) is 11.8 Å². The van der Waals surface area contributed by atoms with Crippen molar-refractivity contribution >= 4 is 25.1 Å². The molecule has 0 aromatic heterocycles. The highest BCUT2D eigenvalue weighted by atomic mass is 32.2. The predicted octanol–water partition coefficient (Wildman–Crippen LogP) is 8.26. The summed E-state index contributed by atoms with van der Waals surface area (Å²) < 4.78 is 21.8. The largest absolute Gasteiger partial charge is 0.472 e. The number of carboxylic acid groups (broad SMARTS) is 1. The monoisotopic (exact) mass is 496 g/mol. The molecule has 0 bridgehead atoms. The molecule has 2 N–H and O–H groups in total. The second-order valence-electron chi connectivity index (χ2n) is 8.65. The first-order valence-corrected chi connectivity index (χ1v) is 15.4. The standard InChI is InChI=1S/C24H49O6PS/c1-4-6-8-9-10-11-12-13-14-16-21-32-23(18-15-7-5-2)22(3)29-19-17-20-30-31(27,28)24(25)26/h22-23H,4-21H2,1-3H3,(H,25,26)(H,27,28). The highest BCUT2D eigenvalue weighted by Crippen LogP contribution is 2.42. The third-order valence-electron chi connectivity index (χ3n) is 5.62. The molecule has 192 valence electrons. The molecular weight excluding hydrogens is 447 g/mol. The van der Waals surface area contributed by atoms with E-state index in [1.807, 2.05) is 11.8 Å². The van der Waals surface area contributed by atoms with E-state index in [9.17, 15) is 9.36 Å². The molecule has 0 aromatic carbocycles. The van der Waals surface area contributed by atoms with E-state index < -0.39 is 13.3 Å². The molecule has 8 heteroatoms. The van der Waals surface area contributed by atoms with Gasteiger partial charge in [0.15, 0.2) is 0 Å². The molecule has 0 saturated heterocycles. The Morgan fingerprint density at radius 1 is 0.844 bits per heavy atom. The maximum absolute atomic E-state index is 11.2. The van der Waals surface area contributed by atoms with Gasteiger partial charge in [-0.15, -0.1) is 0 Å². The van der Waals surface area contributed by atoms with Crippen LogP contribution in [0, 0.1) is 0 Å². The van der Waals surface area contributed by atoms with Crippen LogP contribution in [0.4, 0.5) is 4.79 Å². The van der Waals surface area contributed by atoms with Crippen molar-refractivity contribution in [1.29, 1.82) is 0 Å². The van der Waals surface area contributed by atoms with Crippen molar-refractivity contribution in [2.45, 2.75) is 128 Å². The van der Waals surface area contributed by atoms with E-state index in [1.165, 1.54) is 83.5 Å². The number of carbonyl (C=O) groups is 1. The molecule has 0 aliphatic carbocycles. The van der Waals surface area contributed by atoms with E-state index in [0.717, 1.165) is 12.2 Å². The lowest BCUT2D eigenvalue weighted by atomic mass is 10.1. The van der Waals surface area contributed by atoms with Gasteiger partial charge in [0.1, 0.15) is 0 Å². The summed E-state index contributed by atoms with van der Waals surface area (Å²) in [5, 5.41) is 9.04. The lowest BCUT2D eigenvalue weighted by molar-refractivity contribution is 0.0537. The average Bonchev–Trinajstić information content (AvgIpc) is 2.75. The minimum absolute atomic E-state index is 0.0976. The summed E-state index contributed by atoms with van der Waals surface area (Å²) in [4.78, 5) is 19.7. The molecule has 32 heavy (non-hydrogen) atoms. The molecule has 0 amide bonds. The van der Waals surface area contributed by atoms with Crippen LogP contribution in [0.15, 0.2) is 0 Å². The zero-order valence-corrected chi connectivity index (χ0v) is 22.5. The summed E-state index contributed by atoms with van der Waals surface area (Å²) in [6.45, 7) is 6.86. The summed E-state index contributed by atoms with van der Waals surface area (Å²) in [6, 6.07) is 0. The van der Waals surface area contributed by atoms with E-state index in [0.29, 0.717) is 18.3 Å². The second-order valence-corrected chi connectivity index (χ2v) is 11.7. The Morgan fingerprint density at radius 3 is 1.94 bits per heavy atom. The zero-order valence-electron chi connectivity index (χ0n) is 20.8. The van der Waals surface area contributed by atoms with Crippen LogP contribution in [0.25, 0.3) is 0 Å². The molecule has 0 aliphatic rings. The third-order valence-corrected chi connectivity index (χ3v) is 8.21. The first kappa shape index (κ1) is 31.9. The fourth-order valence-corrected chi connectivity index (χ4v) is 5.40. The highest BCUT2D eigenvalue weighted by Gasteiger charge is 2.29. The maximum atomic E-state index is 11.2. The fraction of sp³-hybridized carbons (Fsp3) is 0.958. The van der Waals surface area contributed by atoms with Crippen molar-refractivity contribution in [2.75, 3.05) is 19.0 Å². The Morgan fingerprint density at radius 2 is 1.38 bits per heavy atom. The van der Waals surface area contributed by atoms with Crippen LogP contribution in [-0.2, 0) is 13.8 Å². The smallest absolute Gasteiger partial charge is 0.435 e. The average molecular weight is 497 g/mol. The SMILES string of the molecule is CCCCCCCCCCCCSC(CCCCC)C(C)OCCCOP(=O)(O)C(=O)O.